The first-order valence-electron chi connectivity index (χ1n) is 7.23. The first kappa shape index (κ1) is 19.4. The van der Waals surface area contributed by atoms with Crippen molar-refractivity contribution in [1.82, 2.24) is 4.31 Å². The SMILES string of the molecule is COCCN(CC(=O)Nc1ccccc1OC(C)C)S(C)(=O)=O. The number of hydrogen-bond acceptors (Lipinski definition) is 5. The molecule has 7 nitrogen and oxygen atoms in total. The standard InChI is InChI=1S/C15H24N2O5S/c1-12(2)22-14-8-6-5-7-13(14)16-15(18)11-17(9-10-21-3)23(4,19)20/h5-8,12H,9-11H2,1-4H3,(H,16,18). The van der Waals surface area contributed by atoms with E-state index in [9.17, 15) is 13.2 Å². The van der Waals surface area contributed by atoms with Gasteiger partial charge in [-0.1, -0.05) is 12.1 Å². The Labute approximate surface area is 137 Å². The summed E-state index contributed by atoms with van der Waals surface area (Å²) in [5.74, 6) is 0.102. The van der Waals surface area contributed by atoms with E-state index in [0.717, 1.165) is 10.6 Å². The zero-order valence-electron chi connectivity index (χ0n) is 13.9. The number of carbonyl (C=O) groups is 1. The molecule has 0 unspecified atom stereocenters. The summed E-state index contributed by atoms with van der Waals surface area (Å²) in [5, 5.41) is 2.68. The highest BCUT2D eigenvalue weighted by atomic mass is 32.2. The fraction of sp³-hybridized carbons (Fsp3) is 0.533. The van der Waals surface area contributed by atoms with Crippen molar-refractivity contribution in [2.24, 2.45) is 0 Å². The number of para-hydroxylation sites is 2. The third-order valence-corrected chi connectivity index (χ3v) is 4.11. The summed E-state index contributed by atoms with van der Waals surface area (Å²) < 4.78 is 35.0. The quantitative estimate of drug-likeness (QED) is 0.730. The maximum atomic E-state index is 12.2. The molecule has 0 radical (unpaired) electrons. The van der Waals surface area contributed by atoms with E-state index < -0.39 is 15.9 Å². The Hall–Kier alpha value is -1.64. The van der Waals surface area contributed by atoms with Gasteiger partial charge < -0.3 is 14.8 Å². The maximum Gasteiger partial charge on any atom is 0.239 e. The van der Waals surface area contributed by atoms with Crippen molar-refractivity contribution < 1.29 is 22.7 Å². The van der Waals surface area contributed by atoms with Crippen LogP contribution in [0, 0.1) is 0 Å². The van der Waals surface area contributed by atoms with E-state index in [1.54, 1.807) is 24.3 Å². The van der Waals surface area contributed by atoms with Crippen molar-refractivity contribution in [3.63, 3.8) is 0 Å². The normalized spacial score (nSPS) is 11.7. The Kier molecular flexibility index (Phi) is 7.47. The van der Waals surface area contributed by atoms with Gasteiger partial charge in [0, 0.05) is 13.7 Å². The van der Waals surface area contributed by atoms with Gasteiger partial charge in [-0.05, 0) is 26.0 Å². The van der Waals surface area contributed by atoms with Gasteiger partial charge in [-0.2, -0.15) is 4.31 Å². The summed E-state index contributed by atoms with van der Waals surface area (Å²) in [6.45, 7) is 3.82. The molecule has 0 fully saturated rings. The van der Waals surface area contributed by atoms with E-state index >= 15 is 0 Å². The predicted octanol–water partition coefficient (Wildman–Crippen LogP) is 1.32. The summed E-state index contributed by atoms with van der Waals surface area (Å²) in [6, 6.07) is 7.02. The smallest absolute Gasteiger partial charge is 0.239 e. The average Bonchev–Trinajstić information content (AvgIpc) is 2.43. The molecule has 0 aliphatic rings. The van der Waals surface area contributed by atoms with E-state index in [-0.39, 0.29) is 25.8 Å². The lowest BCUT2D eigenvalue weighted by Crippen LogP contribution is -2.39. The van der Waals surface area contributed by atoms with Gasteiger partial charge in [0.25, 0.3) is 0 Å². The molecule has 1 aromatic rings. The van der Waals surface area contributed by atoms with Crippen LogP contribution in [0.3, 0.4) is 0 Å². The van der Waals surface area contributed by atoms with Gasteiger partial charge in [-0.25, -0.2) is 8.42 Å². The van der Waals surface area contributed by atoms with Crippen molar-refractivity contribution in [2.45, 2.75) is 20.0 Å². The summed E-state index contributed by atoms with van der Waals surface area (Å²) in [4.78, 5) is 12.2. The van der Waals surface area contributed by atoms with Gasteiger partial charge in [-0.15, -0.1) is 0 Å². The van der Waals surface area contributed by atoms with Crippen LogP contribution in [0.5, 0.6) is 5.75 Å². The second-order valence-corrected chi connectivity index (χ2v) is 7.28. The number of nitrogens with one attached hydrogen (secondary N) is 1. The lowest BCUT2D eigenvalue weighted by molar-refractivity contribution is -0.116. The Morgan fingerprint density at radius 3 is 2.52 bits per heavy atom. The van der Waals surface area contributed by atoms with Crippen LogP contribution in [0.4, 0.5) is 5.69 Å². The topological polar surface area (TPSA) is 84.9 Å². The predicted molar refractivity (Wildman–Crippen MR) is 89.1 cm³/mol. The Morgan fingerprint density at radius 2 is 1.96 bits per heavy atom. The zero-order chi connectivity index (χ0) is 17.5. The van der Waals surface area contributed by atoms with Crippen molar-refractivity contribution in [3.05, 3.63) is 24.3 Å². The molecule has 1 N–H and O–H groups in total. The molecule has 0 spiro atoms. The molecule has 130 valence electrons. The minimum atomic E-state index is -3.49. The van der Waals surface area contributed by atoms with Gasteiger partial charge in [0.2, 0.25) is 15.9 Å². The number of carbonyl (C=O) groups excluding carboxylic acids is 1. The maximum absolute atomic E-state index is 12.2. The number of anilines is 1. The van der Waals surface area contributed by atoms with Crippen LogP contribution in [0.2, 0.25) is 0 Å². The second kappa shape index (κ2) is 8.85. The van der Waals surface area contributed by atoms with Crippen LogP contribution in [0.1, 0.15) is 13.8 Å². The lowest BCUT2D eigenvalue weighted by Gasteiger charge is -2.20. The molecule has 0 heterocycles. The molecule has 0 saturated heterocycles. The Morgan fingerprint density at radius 1 is 1.30 bits per heavy atom. The molecule has 0 aliphatic carbocycles. The van der Waals surface area contributed by atoms with E-state index in [1.165, 1.54) is 7.11 Å². The van der Waals surface area contributed by atoms with Crippen LogP contribution in [0.25, 0.3) is 0 Å². The van der Waals surface area contributed by atoms with Crippen LogP contribution in [-0.4, -0.2) is 57.8 Å². The van der Waals surface area contributed by atoms with Crippen LogP contribution in [0.15, 0.2) is 24.3 Å². The van der Waals surface area contributed by atoms with Crippen LogP contribution < -0.4 is 10.1 Å². The second-order valence-electron chi connectivity index (χ2n) is 5.30. The van der Waals surface area contributed by atoms with Gasteiger partial charge in [0.15, 0.2) is 0 Å². The number of rotatable bonds is 9. The minimum absolute atomic E-state index is 0.0396. The fourth-order valence-corrected chi connectivity index (χ4v) is 2.59. The largest absolute Gasteiger partial charge is 0.489 e. The summed E-state index contributed by atoms with van der Waals surface area (Å²) in [7, 11) is -2.02. The van der Waals surface area contributed by atoms with E-state index in [4.69, 9.17) is 9.47 Å². The molecule has 0 aromatic heterocycles. The number of methoxy groups -OCH3 is 1. The zero-order valence-corrected chi connectivity index (χ0v) is 14.7. The van der Waals surface area contributed by atoms with Gasteiger partial charge in [0.1, 0.15) is 5.75 Å². The summed E-state index contributed by atoms with van der Waals surface area (Å²) in [5.41, 5.74) is 0.506. The van der Waals surface area contributed by atoms with E-state index in [1.807, 2.05) is 13.8 Å². The summed E-state index contributed by atoms with van der Waals surface area (Å²) >= 11 is 0. The molecular formula is C15H24N2O5S. The van der Waals surface area contributed by atoms with Crippen molar-refractivity contribution in [1.29, 1.82) is 0 Å². The molecule has 0 bridgehead atoms. The molecule has 0 atom stereocenters. The molecule has 1 aromatic carbocycles. The molecule has 1 rings (SSSR count). The van der Waals surface area contributed by atoms with E-state index in [0.29, 0.717) is 11.4 Å². The van der Waals surface area contributed by atoms with Gasteiger partial charge in [0.05, 0.1) is 31.2 Å². The summed E-state index contributed by atoms with van der Waals surface area (Å²) in [6.07, 6.45) is 1.02. The van der Waals surface area contributed by atoms with Crippen LogP contribution in [-0.2, 0) is 19.6 Å². The fourth-order valence-electron chi connectivity index (χ4n) is 1.83. The Bertz CT molecular complexity index is 616. The number of ether oxygens (including phenoxy) is 2. The van der Waals surface area contributed by atoms with E-state index in [2.05, 4.69) is 5.32 Å². The highest BCUT2D eigenvalue weighted by molar-refractivity contribution is 7.88. The molecule has 8 heteroatoms. The molecule has 0 saturated carbocycles. The van der Waals surface area contributed by atoms with Gasteiger partial charge >= 0.3 is 0 Å². The molecule has 23 heavy (non-hydrogen) atoms. The third-order valence-electron chi connectivity index (χ3n) is 2.86. The number of hydrogen-bond donors (Lipinski definition) is 1. The monoisotopic (exact) mass is 344 g/mol. The molecular weight excluding hydrogens is 320 g/mol. The van der Waals surface area contributed by atoms with Crippen molar-refractivity contribution >= 4 is 21.6 Å². The number of nitrogens with zero attached hydrogens (tertiary/aromatic N) is 1. The first-order chi connectivity index (χ1) is 10.7. The first-order valence-corrected chi connectivity index (χ1v) is 9.08. The molecule has 0 aliphatic heterocycles. The van der Waals surface area contributed by atoms with Crippen molar-refractivity contribution in [3.8, 4) is 5.75 Å². The molecule has 1 amide bonds. The average molecular weight is 344 g/mol. The van der Waals surface area contributed by atoms with Crippen molar-refractivity contribution in [2.75, 3.05) is 38.4 Å². The van der Waals surface area contributed by atoms with Gasteiger partial charge in [-0.3, -0.25) is 4.79 Å². The minimum Gasteiger partial charge on any atom is -0.489 e. The lowest BCUT2D eigenvalue weighted by atomic mass is 10.3. The number of benzene rings is 1. The highest BCUT2D eigenvalue weighted by Gasteiger charge is 2.20. The third kappa shape index (κ3) is 6.98. The highest BCUT2D eigenvalue weighted by Crippen LogP contribution is 2.24. The number of amides is 1. The Balaban J connectivity index is 2.79. The number of sulfonamides is 1. The van der Waals surface area contributed by atoms with Crippen LogP contribution >= 0.6 is 0 Å².